The van der Waals surface area contributed by atoms with E-state index in [0.717, 1.165) is 10.9 Å². The standard InChI is InChI=1S/C17H23FN2O2/c1-17(2,3)8-13(10-21)20-16(22)6-11-9-19-15-7-12(18)4-5-14(11)15/h4-5,7,9,13,19,21H,6,8,10H2,1-3H3,(H,20,22). The summed E-state index contributed by atoms with van der Waals surface area (Å²) in [6, 6.07) is 4.21. The van der Waals surface area contributed by atoms with E-state index in [1.54, 1.807) is 12.3 Å². The SMILES string of the molecule is CC(C)(C)CC(CO)NC(=O)Cc1c[nH]c2cc(F)ccc12. The number of aromatic amines is 1. The minimum absolute atomic E-state index is 0.0268. The zero-order valence-corrected chi connectivity index (χ0v) is 13.2. The van der Waals surface area contributed by atoms with E-state index in [-0.39, 0.29) is 36.2 Å². The van der Waals surface area contributed by atoms with Crippen molar-refractivity contribution in [2.24, 2.45) is 5.41 Å². The maximum absolute atomic E-state index is 13.2. The lowest BCUT2D eigenvalue weighted by molar-refractivity contribution is -0.121. The van der Waals surface area contributed by atoms with Crippen LogP contribution in [0.2, 0.25) is 0 Å². The van der Waals surface area contributed by atoms with Crippen LogP contribution >= 0.6 is 0 Å². The van der Waals surface area contributed by atoms with Crippen molar-refractivity contribution in [1.82, 2.24) is 10.3 Å². The molecular formula is C17H23FN2O2. The van der Waals surface area contributed by atoms with Crippen LogP contribution in [0.1, 0.15) is 32.8 Å². The molecule has 0 bridgehead atoms. The predicted molar refractivity (Wildman–Crippen MR) is 85.0 cm³/mol. The maximum atomic E-state index is 13.2. The van der Waals surface area contributed by atoms with Gasteiger partial charge in [-0.05, 0) is 35.6 Å². The Morgan fingerprint density at radius 3 is 2.77 bits per heavy atom. The molecule has 3 N–H and O–H groups in total. The molecule has 0 spiro atoms. The number of aromatic nitrogens is 1. The van der Waals surface area contributed by atoms with Crippen molar-refractivity contribution in [3.63, 3.8) is 0 Å². The number of aliphatic hydroxyl groups is 1. The fraction of sp³-hybridized carbons (Fsp3) is 0.471. The summed E-state index contributed by atoms with van der Waals surface area (Å²) in [6.07, 6.45) is 2.63. The Morgan fingerprint density at radius 1 is 1.41 bits per heavy atom. The number of rotatable bonds is 5. The van der Waals surface area contributed by atoms with Crippen LogP contribution in [0.25, 0.3) is 10.9 Å². The molecule has 120 valence electrons. The molecular weight excluding hydrogens is 283 g/mol. The minimum Gasteiger partial charge on any atom is -0.394 e. The molecule has 1 atom stereocenters. The van der Waals surface area contributed by atoms with E-state index in [9.17, 15) is 14.3 Å². The summed E-state index contributed by atoms with van der Waals surface area (Å²) in [5.74, 6) is -0.454. The van der Waals surface area contributed by atoms with Gasteiger partial charge in [0, 0.05) is 17.1 Å². The molecule has 0 radical (unpaired) electrons. The van der Waals surface area contributed by atoms with Crippen LogP contribution < -0.4 is 5.32 Å². The lowest BCUT2D eigenvalue weighted by Gasteiger charge is -2.25. The Bertz CT molecular complexity index is 658. The maximum Gasteiger partial charge on any atom is 0.224 e. The van der Waals surface area contributed by atoms with E-state index >= 15 is 0 Å². The fourth-order valence-electron chi connectivity index (χ4n) is 2.66. The second-order valence-electron chi connectivity index (χ2n) is 6.89. The van der Waals surface area contributed by atoms with Gasteiger partial charge in [0.2, 0.25) is 5.91 Å². The second kappa shape index (κ2) is 6.48. The fourth-order valence-corrected chi connectivity index (χ4v) is 2.66. The largest absolute Gasteiger partial charge is 0.394 e. The third-order valence-electron chi connectivity index (χ3n) is 3.52. The number of halogens is 1. The van der Waals surface area contributed by atoms with Crippen molar-refractivity contribution in [3.8, 4) is 0 Å². The molecule has 1 aromatic heterocycles. The van der Waals surface area contributed by atoms with Crippen LogP contribution in [0.4, 0.5) is 4.39 Å². The summed E-state index contributed by atoms with van der Waals surface area (Å²) >= 11 is 0. The van der Waals surface area contributed by atoms with Gasteiger partial charge in [-0.2, -0.15) is 0 Å². The average molecular weight is 306 g/mol. The van der Waals surface area contributed by atoms with Crippen molar-refractivity contribution < 1.29 is 14.3 Å². The summed E-state index contributed by atoms with van der Waals surface area (Å²) < 4.78 is 13.2. The molecule has 1 unspecified atom stereocenters. The number of aliphatic hydroxyl groups excluding tert-OH is 1. The number of H-pyrrole nitrogens is 1. The summed E-state index contributed by atoms with van der Waals surface area (Å²) in [4.78, 5) is 15.1. The van der Waals surface area contributed by atoms with Crippen molar-refractivity contribution in [2.75, 3.05) is 6.61 Å². The molecule has 0 aliphatic heterocycles. The summed E-state index contributed by atoms with van der Waals surface area (Å²) in [7, 11) is 0. The first-order valence-electron chi connectivity index (χ1n) is 7.44. The van der Waals surface area contributed by atoms with Gasteiger partial charge in [-0.15, -0.1) is 0 Å². The highest BCUT2D eigenvalue weighted by Gasteiger charge is 2.20. The molecule has 5 heteroatoms. The zero-order chi connectivity index (χ0) is 16.3. The number of nitrogens with one attached hydrogen (secondary N) is 2. The van der Waals surface area contributed by atoms with Crippen LogP contribution in [0.15, 0.2) is 24.4 Å². The lowest BCUT2D eigenvalue weighted by atomic mass is 9.88. The molecule has 0 saturated heterocycles. The number of amides is 1. The smallest absolute Gasteiger partial charge is 0.224 e. The third kappa shape index (κ3) is 4.31. The first kappa shape index (κ1) is 16.5. The quantitative estimate of drug-likeness (QED) is 0.795. The zero-order valence-electron chi connectivity index (χ0n) is 13.2. The van der Waals surface area contributed by atoms with E-state index in [1.807, 2.05) is 0 Å². The molecule has 1 aromatic carbocycles. The van der Waals surface area contributed by atoms with Crippen LogP contribution in [0, 0.1) is 11.2 Å². The molecule has 2 aromatic rings. The van der Waals surface area contributed by atoms with Gasteiger partial charge in [-0.25, -0.2) is 4.39 Å². The van der Waals surface area contributed by atoms with Crippen LogP contribution in [-0.2, 0) is 11.2 Å². The molecule has 2 rings (SSSR count). The number of hydrogen-bond donors (Lipinski definition) is 3. The number of carbonyl (C=O) groups is 1. The predicted octanol–water partition coefficient (Wildman–Crippen LogP) is 2.76. The molecule has 1 heterocycles. The summed E-state index contributed by atoms with van der Waals surface area (Å²) in [5, 5.41) is 13.1. The molecule has 4 nitrogen and oxygen atoms in total. The highest BCUT2D eigenvalue weighted by molar-refractivity contribution is 5.89. The Kier molecular flexibility index (Phi) is 4.86. The van der Waals surface area contributed by atoms with Crippen molar-refractivity contribution >= 4 is 16.8 Å². The van der Waals surface area contributed by atoms with Gasteiger partial charge in [0.25, 0.3) is 0 Å². The normalized spacial score (nSPS) is 13.3. The molecule has 0 aliphatic carbocycles. The highest BCUT2D eigenvalue weighted by atomic mass is 19.1. The van der Waals surface area contributed by atoms with Gasteiger partial charge in [0.05, 0.1) is 19.1 Å². The number of fused-ring (bicyclic) bond motifs is 1. The topological polar surface area (TPSA) is 65.1 Å². The van der Waals surface area contributed by atoms with E-state index in [0.29, 0.717) is 11.9 Å². The average Bonchev–Trinajstić information content (AvgIpc) is 2.78. The van der Waals surface area contributed by atoms with Gasteiger partial charge < -0.3 is 15.4 Å². The molecule has 22 heavy (non-hydrogen) atoms. The van der Waals surface area contributed by atoms with Crippen molar-refractivity contribution in [1.29, 1.82) is 0 Å². The van der Waals surface area contributed by atoms with Gasteiger partial charge in [0.15, 0.2) is 0 Å². The second-order valence-corrected chi connectivity index (χ2v) is 6.89. The van der Waals surface area contributed by atoms with Crippen LogP contribution in [0.5, 0.6) is 0 Å². The number of hydrogen-bond acceptors (Lipinski definition) is 2. The van der Waals surface area contributed by atoms with Crippen molar-refractivity contribution in [2.45, 2.75) is 39.7 Å². The summed E-state index contributed by atoms with van der Waals surface area (Å²) in [5.41, 5.74) is 1.52. The van der Waals surface area contributed by atoms with E-state index in [1.165, 1.54) is 12.1 Å². The van der Waals surface area contributed by atoms with Crippen LogP contribution in [-0.4, -0.2) is 28.6 Å². The van der Waals surface area contributed by atoms with Gasteiger partial charge in [0.1, 0.15) is 5.82 Å². The molecule has 1 amide bonds. The molecule has 0 fully saturated rings. The lowest BCUT2D eigenvalue weighted by Crippen LogP contribution is -2.40. The Morgan fingerprint density at radius 2 is 2.14 bits per heavy atom. The van der Waals surface area contributed by atoms with E-state index in [2.05, 4.69) is 31.1 Å². The molecule has 0 saturated carbocycles. The van der Waals surface area contributed by atoms with Gasteiger partial charge in [-0.1, -0.05) is 20.8 Å². The van der Waals surface area contributed by atoms with E-state index < -0.39 is 0 Å². The monoisotopic (exact) mass is 306 g/mol. The van der Waals surface area contributed by atoms with Gasteiger partial charge in [-0.3, -0.25) is 4.79 Å². The Hall–Kier alpha value is -1.88. The van der Waals surface area contributed by atoms with Crippen LogP contribution in [0.3, 0.4) is 0 Å². The number of carbonyl (C=O) groups excluding carboxylic acids is 1. The first-order valence-corrected chi connectivity index (χ1v) is 7.44. The Labute approximate surface area is 129 Å². The Balaban J connectivity index is 2.04. The van der Waals surface area contributed by atoms with E-state index in [4.69, 9.17) is 0 Å². The summed E-state index contributed by atoms with van der Waals surface area (Å²) in [6.45, 7) is 6.12. The van der Waals surface area contributed by atoms with Gasteiger partial charge >= 0.3 is 0 Å². The first-order chi connectivity index (χ1) is 10.3. The third-order valence-corrected chi connectivity index (χ3v) is 3.52. The number of benzene rings is 1. The molecule has 0 aliphatic rings. The van der Waals surface area contributed by atoms with Crippen molar-refractivity contribution in [3.05, 3.63) is 35.8 Å². The highest BCUT2D eigenvalue weighted by Crippen LogP contribution is 2.22. The minimum atomic E-state index is -0.309.